The molecule has 0 bridgehead atoms. The first-order valence-corrected chi connectivity index (χ1v) is 10.3. The van der Waals surface area contributed by atoms with Gasteiger partial charge < -0.3 is 19.7 Å². The van der Waals surface area contributed by atoms with Gasteiger partial charge in [0.2, 0.25) is 0 Å². The molecule has 1 unspecified atom stereocenters. The van der Waals surface area contributed by atoms with Gasteiger partial charge in [0, 0.05) is 31.7 Å². The van der Waals surface area contributed by atoms with Gasteiger partial charge in [-0.1, -0.05) is 24.3 Å². The average molecular weight is 448 g/mol. The second-order valence-corrected chi connectivity index (χ2v) is 8.08. The van der Waals surface area contributed by atoms with Gasteiger partial charge in [-0.05, 0) is 36.2 Å². The number of carbonyl (C=O) groups is 2. The van der Waals surface area contributed by atoms with E-state index in [4.69, 9.17) is 9.47 Å². The van der Waals surface area contributed by atoms with E-state index >= 15 is 0 Å². The lowest BCUT2D eigenvalue weighted by molar-refractivity contribution is -0.141. The molecule has 0 aliphatic carbocycles. The molecule has 0 aromatic heterocycles. The molecule has 2 aromatic carbocycles. The highest BCUT2D eigenvalue weighted by Gasteiger charge is 2.43. The monoisotopic (exact) mass is 448 g/mol. The van der Waals surface area contributed by atoms with Gasteiger partial charge in [-0.3, -0.25) is 4.79 Å². The molecule has 1 amide bonds. The maximum absolute atomic E-state index is 13.7. The molecule has 170 valence electrons. The number of nitrogens with one attached hydrogen (secondary N) is 1. The van der Waals surface area contributed by atoms with Crippen molar-refractivity contribution < 1.29 is 32.2 Å². The number of esters is 1. The van der Waals surface area contributed by atoms with E-state index in [1.807, 2.05) is 4.90 Å². The Kier molecular flexibility index (Phi) is 5.85. The van der Waals surface area contributed by atoms with Crippen LogP contribution in [0.15, 0.2) is 42.5 Å². The van der Waals surface area contributed by atoms with Crippen LogP contribution in [0.4, 0.5) is 18.9 Å². The fourth-order valence-corrected chi connectivity index (χ4v) is 4.02. The summed E-state index contributed by atoms with van der Waals surface area (Å²) in [6.07, 6.45) is -4.44. The average Bonchev–Trinajstić information content (AvgIpc) is 2.77. The van der Waals surface area contributed by atoms with Gasteiger partial charge in [0.15, 0.2) is 5.60 Å². The number of hydrogen-bond donors (Lipinski definition) is 1. The molecule has 0 saturated carbocycles. The van der Waals surface area contributed by atoms with E-state index in [0.29, 0.717) is 43.1 Å². The van der Waals surface area contributed by atoms with Crippen LogP contribution < -0.4 is 10.2 Å². The van der Waals surface area contributed by atoms with Gasteiger partial charge in [0.1, 0.15) is 0 Å². The standard InChI is InChI=1S/C23H23F3N2O4/c1-22(13-15-4-2-3-5-18(15)20(29)32-22)21(30)27-14-16-6-7-17(12-19(16)23(24,25)26)28-8-10-31-11-9-28/h2-7,12H,8-11,13-14H2,1H3,(H,27,30). The Balaban J connectivity index is 1.51. The number of alkyl halides is 3. The van der Waals surface area contributed by atoms with Crippen LogP contribution in [0.25, 0.3) is 0 Å². The molecule has 2 heterocycles. The summed E-state index contributed by atoms with van der Waals surface area (Å²) in [6.45, 7) is 3.06. The van der Waals surface area contributed by atoms with Crippen molar-refractivity contribution in [1.82, 2.24) is 5.32 Å². The number of anilines is 1. The van der Waals surface area contributed by atoms with Crippen LogP contribution in [0.2, 0.25) is 0 Å². The number of morpholine rings is 1. The molecule has 1 fully saturated rings. The molecule has 0 spiro atoms. The summed E-state index contributed by atoms with van der Waals surface area (Å²) >= 11 is 0. The number of rotatable bonds is 4. The lowest BCUT2D eigenvalue weighted by Gasteiger charge is -2.33. The van der Waals surface area contributed by atoms with Crippen molar-refractivity contribution in [2.75, 3.05) is 31.2 Å². The number of amides is 1. The topological polar surface area (TPSA) is 67.9 Å². The second-order valence-electron chi connectivity index (χ2n) is 8.08. The fraction of sp³-hybridized carbons (Fsp3) is 0.391. The summed E-state index contributed by atoms with van der Waals surface area (Å²) in [5.41, 5.74) is -0.868. The highest BCUT2D eigenvalue weighted by Crippen LogP contribution is 2.35. The molecule has 2 aliphatic heterocycles. The predicted molar refractivity (Wildman–Crippen MR) is 110 cm³/mol. The van der Waals surface area contributed by atoms with E-state index in [0.717, 1.165) is 6.07 Å². The zero-order valence-corrected chi connectivity index (χ0v) is 17.5. The number of carbonyl (C=O) groups excluding carboxylic acids is 2. The third kappa shape index (κ3) is 4.43. The Morgan fingerprint density at radius 2 is 1.88 bits per heavy atom. The maximum atomic E-state index is 13.7. The first-order valence-electron chi connectivity index (χ1n) is 10.3. The molecule has 0 radical (unpaired) electrons. The summed E-state index contributed by atoms with van der Waals surface area (Å²) in [5.74, 6) is -1.28. The zero-order valence-electron chi connectivity index (χ0n) is 17.5. The quantitative estimate of drug-likeness (QED) is 0.727. The van der Waals surface area contributed by atoms with Crippen molar-refractivity contribution in [2.24, 2.45) is 0 Å². The zero-order chi connectivity index (χ0) is 22.9. The molecular formula is C23H23F3N2O4. The highest BCUT2D eigenvalue weighted by atomic mass is 19.4. The van der Waals surface area contributed by atoms with Crippen molar-refractivity contribution in [1.29, 1.82) is 0 Å². The third-order valence-corrected chi connectivity index (χ3v) is 5.78. The van der Waals surface area contributed by atoms with E-state index in [2.05, 4.69) is 5.32 Å². The van der Waals surface area contributed by atoms with Crippen LogP contribution >= 0.6 is 0 Å². The minimum absolute atomic E-state index is 0.0611. The smallest absolute Gasteiger partial charge is 0.416 e. The molecule has 9 heteroatoms. The SMILES string of the molecule is CC1(C(=O)NCc2ccc(N3CCOCC3)cc2C(F)(F)F)Cc2ccccc2C(=O)O1. The highest BCUT2D eigenvalue weighted by molar-refractivity contribution is 5.97. The molecule has 1 saturated heterocycles. The van der Waals surface area contributed by atoms with Gasteiger partial charge >= 0.3 is 12.1 Å². The van der Waals surface area contributed by atoms with Crippen LogP contribution in [0.1, 0.15) is 34.0 Å². The first kappa shape index (κ1) is 22.1. The van der Waals surface area contributed by atoms with E-state index < -0.39 is 29.2 Å². The predicted octanol–water partition coefficient (Wildman–Crippen LogP) is 3.33. The maximum Gasteiger partial charge on any atom is 0.416 e. The van der Waals surface area contributed by atoms with Crippen LogP contribution in [0.5, 0.6) is 0 Å². The minimum atomic E-state index is -4.58. The molecular weight excluding hydrogens is 425 g/mol. The minimum Gasteiger partial charge on any atom is -0.445 e. The van der Waals surface area contributed by atoms with Crippen molar-refractivity contribution in [3.8, 4) is 0 Å². The lowest BCUT2D eigenvalue weighted by Crippen LogP contribution is -2.51. The van der Waals surface area contributed by atoms with Crippen molar-refractivity contribution in [2.45, 2.75) is 31.7 Å². The van der Waals surface area contributed by atoms with Gasteiger partial charge in [0.05, 0.1) is 24.3 Å². The van der Waals surface area contributed by atoms with E-state index in [1.54, 1.807) is 30.3 Å². The van der Waals surface area contributed by atoms with Crippen LogP contribution in [0, 0.1) is 0 Å². The fourth-order valence-electron chi connectivity index (χ4n) is 4.02. The number of hydrogen-bond acceptors (Lipinski definition) is 5. The third-order valence-electron chi connectivity index (χ3n) is 5.78. The molecule has 1 N–H and O–H groups in total. The Bertz CT molecular complexity index is 1030. The van der Waals surface area contributed by atoms with Gasteiger partial charge in [0.25, 0.3) is 5.91 Å². The van der Waals surface area contributed by atoms with Crippen molar-refractivity contribution in [3.63, 3.8) is 0 Å². The number of benzene rings is 2. The Labute approximate surface area is 183 Å². The number of cyclic esters (lactones) is 1. The number of halogens is 3. The Morgan fingerprint density at radius 1 is 1.16 bits per heavy atom. The largest absolute Gasteiger partial charge is 0.445 e. The van der Waals surface area contributed by atoms with Gasteiger partial charge in [-0.15, -0.1) is 0 Å². The summed E-state index contributed by atoms with van der Waals surface area (Å²) in [7, 11) is 0. The normalized spacial score (nSPS) is 21.0. The van der Waals surface area contributed by atoms with E-state index in [9.17, 15) is 22.8 Å². The lowest BCUT2D eigenvalue weighted by atomic mass is 9.89. The van der Waals surface area contributed by atoms with E-state index in [1.165, 1.54) is 13.0 Å². The Hall–Kier alpha value is -3.07. The number of nitrogens with zero attached hydrogens (tertiary/aromatic N) is 1. The molecule has 2 aliphatic rings. The number of ether oxygens (including phenoxy) is 2. The van der Waals surface area contributed by atoms with Crippen molar-refractivity contribution in [3.05, 3.63) is 64.7 Å². The molecule has 4 rings (SSSR count). The molecule has 6 nitrogen and oxygen atoms in total. The van der Waals surface area contributed by atoms with Crippen molar-refractivity contribution >= 4 is 17.6 Å². The summed E-state index contributed by atoms with van der Waals surface area (Å²) < 4.78 is 51.8. The summed E-state index contributed by atoms with van der Waals surface area (Å²) in [5, 5.41) is 2.52. The first-order chi connectivity index (χ1) is 15.2. The number of fused-ring (bicyclic) bond motifs is 1. The van der Waals surface area contributed by atoms with E-state index in [-0.39, 0.29) is 18.5 Å². The summed E-state index contributed by atoms with van der Waals surface area (Å²) in [6, 6.07) is 10.9. The molecule has 2 aromatic rings. The van der Waals surface area contributed by atoms with Crippen LogP contribution in [-0.4, -0.2) is 43.8 Å². The second kappa shape index (κ2) is 8.46. The summed E-state index contributed by atoms with van der Waals surface area (Å²) in [4.78, 5) is 27.0. The van der Waals surface area contributed by atoms with Gasteiger partial charge in [-0.25, -0.2) is 4.79 Å². The Morgan fingerprint density at radius 3 is 2.59 bits per heavy atom. The molecule has 1 atom stereocenters. The van der Waals surface area contributed by atoms with Crippen LogP contribution in [-0.2, 0) is 33.4 Å². The van der Waals surface area contributed by atoms with Crippen LogP contribution in [0.3, 0.4) is 0 Å². The van der Waals surface area contributed by atoms with Gasteiger partial charge in [-0.2, -0.15) is 13.2 Å². The molecule has 32 heavy (non-hydrogen) atoms.